The van der Waals surface area contributed by atoms with Gasteiger partial charge in [-0.05, 0) is 74.8 Å². The number of aromatic carboxylic acids is 1. The number of carboxylic acids is 1. The van der Waals surface area contributed by atoms with Crippen LogP contribution in [-0.4, -0.2) is 30.5 Å². The average molecular weight is 544 g/mol. The molecule has 0 heterocycles. The minimum absolute atomic E-state index is 0.0347. The maximum Gasteiger partial charge on any atom is 0.416 e. The van der Waals surface area contributed by atoms with Gasteiger partial charge < -0.3 is 15.6 Å². The molecule has 206 valence electrons. The molecule has 0 aliphatic carbocycles. The zero-order valence-corrected chi connectivity index (χ0v) is 20.6. The Labute approximate surface area is 215 Å². The van der Waals surface area contributed by atoms with Crippen LogP contribution in [0.25, 0.3) is 0 Å². The number of carbonyl (C=O) groups is 2. The zero-order chi connectivity index (χ0) is 28.9. The molecular formula is C27H27F6NO4. The fraction of sp³-hybridized carbons (Fsp3) is 0.259. The molecule has 0 radical (unpaired) electrons. The fourth-order valence-electron chi connectivity index (χ4n) is 2.83. The average Bonchev–Trinajstić information content (AvgIpc) is 2.85. The van der Waals surface area contributed by atoms with Crippen molar-refractivity contribution >= 4 is 12.3 Å². The van der Waals surface area contributed by atoms with Crippen LogP contribution >= 0.6 is 0 Å². The molecule has 0 unspecified atom stereocenters. The lowest BCUT2D eigenvalue weighted by Gasteiger charge is -2.12. The van der Waals surface area contributed by atoms with E-state index in [0.717, 1.165) is 24.3 Å². The van der Waals surface area contributed by atoms with Gasteiger partial charge in [-0.3, -0.25) is 4.79 Å². The highest BCUT2D eigenvalue weighted by atomic mass is 19.4. The van der Waals surface area contributed by atoms with Gasteiger partial charge in [0.1, 0.15) is 12.0 Å². The summed E-state index contributed by atoms with van der Waals surface area (Å²) in [5.74, 6) is 0.0540. The first-order chi connectivity index (χ1) is 17.7. The summed E-state index contributed by atoms with van der Waals surface area (Å²) in [6.07, 6.45) is -8.96. The Morgan fingerprint density at radius 2 is 1.39 bits per heavy atom. The number of nitrogens with two attached hydrogens (primary N) is 1. The monoisotopic (exact) mass is 543 g/mol. The number of benzene rings is 3. The number of rotatable bonds is 6. The summed E-state index contributed by atoms with van der Waals surface area (Å²) in [5.41, 5.74) is 4.45. The Bertz CT molecular complexity index is 1100. The van der Waals surface area contributed by atoms with Crippen molar-refractivity contribution in [2.24, 2.45) is 5.73 Å². The third-order valence-electron chi connectivity index (χ3n) is 4.71. The highest BCUT2D eigenvalue weighted by molar-refractivity contribution is 5.87. The minimum Gasteiger partial charge on any atom is -0.494 e. The predicted molar refractivity (Wildman–Crippen MR) is 130 cm³/mol. The summed E-state index contributed by atoms with van der Waals surface area (Å²) in [6, 6.07) is 15.5. The van der Waals surface area contributed by atoms with Crippen molar-refractivity contribution in [1.29, 1.82) is 0 Å². The van der Waals surface area contributed by atoms with Crippen molar-refractivity contribution in [1.82, 2.24) is 0 Å². The molecule has 0 saturated carbocycles. The van der Waals surface area contributed by atoms with E-state index in [-0.39, 0.29) is 12.4 Å². The van der Waals surface area contributed by atoms with Crippen molar-refractivity contribution in [2.75, 3.05) is 13.2 Å². The SMILES string of the molecule is CCOc1ccc(CCN)cc1.Cc1ccc(C(=O)O)cc1.O=Cc1cc(C(F)(F)F)cc(C(F)(F)F)c1. The molecule has 0 aromatic heterocycles. The van der Waals surface area contributed by atoms with Gasteiger partial charge in [-0.25, -0.2) is 4.79 Å². The highest BCUT2D eigenvalue weighted by Gasteiger charge is 2.36. The second-order valence-electron chi connectivity index (χ2n) is 7.74. The number of halogens is 6. The first-order valence-electron chi connectivity index (χ1n) is 11.2. The van der Waals surface area contributed by atoms with Gasteiger partial charge in [0.25, 0.3) is 0 Å². The largest absolute Gasteiger partial charge is 0.494 e. The molecule has 5 nitrogen and oxygen atoms in total. The molecule has 3 N–H and O–H groups in total. The minimum atomic E-state index is -4.92. The van der Waals surface area contributed by atoms with E-state index >= 15 is 0 Å². The summed E-state index contributed by atoms with van der Waals surface area (Å²) < 4.78 is 78.4. The van der Waals surface area contributed by atoms with Gasteiger partial charge in [-0.2, -0.15) is 26.3 Å². The normalized spacial score (nSPS) is 10.9. The summed E-state index contributed by atoms with van der Waals surface area (Å²) in [7, 11) is 0. The van der Waals surface area contributed by atoms with Gasteiger partial charge in [-0.15, -0.1) is 0 Å². The number of aryl methyl sites for hydroxylation is 1. The van der Waals surface area contributed by atoms with Crippen LogP contribution in [0, 0.1) is 6.92 Å². The Morgan fingerprint density at radius 3 is 1.76 bits per heavy atom. The molecule has 0 saturated heterocycles. The molecule has 0 aliphatic rings. The topological polar surface area (TPSA) is 89.6 Å². The molecule has 38 heavy (non-hydrogen) atoms. The molecule has 0 aliphatic heterocycles. The number of aldehydes is 1. The van der Waals surface area contributed by atoms with Crippen LogP contribution in [0.4, 0.5) is 26.3 Å². The second kappa shape index (κ2) is 14.8. The number of carbonyl (C=O) groups excluding carboxylic acids is 1. The Hall–Kier alpha value is -3.86. The molecule has 0 fully saturated rings. The molecule has 0 amide bonds. The first-order valence-corrected chi connectivity index (χ1v) is 11.2. The smallest absolute Gasteiger partial charge is 0.416 e. The second-order valence-corrected chi connectivity index (χ2v) is 7.74. The van der Waals surface area contributed by atoms with E-state index in [0.29, 0.717) is 24.2 Å². The highest BCUT2D eigenvalue weighted by Crippen LogP contribution is 2.35. The summed E-state index contributed by atoms with van der Waals surface area (Å²) in [6.45, 7) is 5.32. The zero-order valence-electron chi connectivity index (χ0n) is 20.6. The van der Waals surface area contributed by atoms with Gasteiger partial charge in [0.15, 0.2) is 0 Å². The lowest BCUT2D eigenvalue weighted by atomic mass is 10.1. The quantitative estimate of drug-likeness (QED) is 0.263. The lowest BCUT2D eigenvalue weighted by molar-refractivity contribution is -0.143. The summed E-state index contributed by atoms with van der Waals surface area (Å²) >= 11 is 0. The van der Waals surface area contributed by atoms with E-state index in [9.17, 15) is 35.9 Å². The van der Waals surface area contributed by atoms with Crippen LogP contribution < -0.4 is 10.5 Å². The molecule has 3 aromatic rings. The number of hydrogen-bond donors (Lipinski definition) is 2. The van der Waals surface area contributed by atoms with Crippen LogP contribution in [0.5, 0.6) is 5.75 Å². The number of hydrogen-bond acceptors (Lipinski definition) is 4. The molecule has 0 atom stereocenters. The van der Waals surface area contributed by atoms with Crippen molar-refractivity contribution in [3.8, 4) is 5.75 Å². The van der Waals surface area contributed by atoms with E-state index in [2.05, 4.69) is 12.1 Å². The van der Waals surface area contributed by atoms with E-state index in [1.54, 1.807) is 24.3 Å². The van der Waals surface area contributed by atoms with E-state index in [4.69, 9.17) is 15.6 Å². The number of carboxylic acid groups (broad SMARTS) is 1. The van der Waals surface area contributed by atoms with Crippen molar-refractivity contribution in [3.63, 3.8) is 0 Å². The predicted octanol–water partition coefficient (Wildman–Crippen LogP) is 6.82. The molecular weight excluding hydrogens is 516 g/mol. The van der Waals surface area contributed by atoms with Gasteiger partial charge in [-0.1, -0.05) is 29.8 Å². The van der Waals surface area contributed by atoms with Gasteiger partial charge in [0.05, 0.1) is 23.3 Å². The van der Waals surface area contributed by atoms with Gasteiger partial charge in [0.2, 0.25) is 0 Å². The molecule has 0 bridgehead atoms. The maximum absolute atomic E-state index is 12.2. The van der Waals surface area contributed by atoms with Crippen LogP contribution in [0.1, 0.15) is 49.9 Å². The van der Waals surface area contributed by atoms with Crippen molar-refractivity contribution in [3.05, 3.63) is 100 Å². The standard InChI is InChI=1S/C10H15NO.C9H4F6O.C8H8O2/c1-2-12-10-5-3-9(4-6-10)7-8-11;10-8(11,12)6-1-5(4-16)2-7(3-6)9(13,14)15;1-6-2-4-7(5-3-6)8(9)10/h3-6H,2,7-8,11H2,1H3;1-4H;2-5H,1H3,(H,9,10). The van der Waals surface area contributed by atoms with Crippen LogP contribution in [0.3, 0.4) is 0 Å². The van der Waals surface area contributed by atoms with Crippen LogP contribution in [0.15, 0.2) is 66.7 Å². The molecule has 3 rings (SSSR count). The van der Waals surface area contributed by atoms with E-state index in [1.165, 1.54) is 5.56 Å². The third kappa shape index (κ3) is 11.5. The Balaban J connectivity index is 0.000000294. The fourth-order valence-corrected chi connectivity index (χ4v) is 2.83. The van der Waals surface area contributed by atoms with Crippen LogP contribution in [0.2, 0.25) is 0 Å². The lowest BCUT2D eigenvalue weighted by Crippen LogP contribution is -2.11. The first kappa shape index (κ1) is 32.2. The Morgan fingerprint density at radius 1 is 0.895 bits per heavy atom. The van der Waals surface area contributed by atoms with Gasteiger partial charge >= 0.3 is 18.3 Å². The van der Waals surface area contributed by atoms with E-state index < -0.39 is 35.0 Å². The molecule has 0 spiro atoms. The summed E-state index contributed by atoms with van der Waals surface area (Å²) in [5, 5.41) is 8.48. The van der Waals surface area contributed by atoms with Crippen molar-refractivity contribution in [2.45, 2.75) is 32.6 Å². The molecule has 11 heteroatoms. The maximum atomic E-state index is 12.2. The number of alkyl halides is 6. The van der Waals surface area contributed by atoms with Crippen LogP contribution in [-0.2, 0) is 18.8 Å². The molecule has 3 aromatic carbocycles. The summed E-state index contributed by atoms with van der Waals surface area (Å²) in [4.78, 5) is 20.5. The number of ether oxygens (including phenoxy) is 1. The van der Waals surface area contributed by atoms with Crippen molar-refractivity contribution < 1.29 is 45.8 Å². The Kier molecular flexibility index (Phi) is 12.5. The van der Waals surface area contributed by atoms with Gasteiger partial charge in [0, 0.05) is 5.56 Å². The third-order valence-corrected chi connectivity index (χ3v) is 4.71. The van der Waals surface area contributed by atoms with E-state index in [1.807, 2.05) is 26.0 Å².